The molecule has 3 rings (SSSR count). The summed E-state index contributed by atoms with van der Waals surface area (Å²) in [7, 11) is 0. The van der Waals surface area contributed by atoms with Crippen molar-refractivity contribution in [3.05, 3.63) is 103 Å². The number of hydrogen-bond donors (Lipinski definition) is 1. The zero-order valence-electron chi connectivity index (χ0n) is 15.1. The van der Waals surface area contributed by atoms with Gasteiger partial charge in [-0.25, -0.2) is 5.43 Å². The van der Waals surface area contributed by atoms with E-state index in [1.165, 1.54) is 34.1 Å². The molecule has 3 aromatic rings. The number of benzene rings is 3. The molecule has 0 aliphatic rings. The predicted molar refractivity (Wildman–Crippen MR) is 118 cm³/mol. The van der Waals surface area contributed by atoms with Crippen molar-refractivity contribution >= 4 is 40.4 Å². The number of non-ortho nitro benzene ring substituents is 1. The zero-order valence-corrected chi connectivity index (χ0v) is 17.3. The minimum Gasteiger partial charge on any atom is -0.489 e. The number of halogens is 1. The van der Waals surface area contributed by atoms with Gasteiger partial charge in [-0.15, -0.1) is 0 Å². The third kappa shape index (κ3) is 6.11. The van der Waals surface area contributed by atoms with Crippen LogP contribution in [0.2, 0.25) is 0 Å². The molecule has 0 aliphatic carbocycles. The van der Waals surface area contributed by atoms with E-state index in [0.717, 1.165) is 16.9 Å². The second-order valence-corrected chi connectivity index (χ2v) is 7.24. The highest BCUT2D eigenvalue weighted by atomic mass is 127. The lowest BCUT2D eigenvalue weighted by Gasteiger charge is -2.06. The van der Waals surface area contributed by atoms with E-state index in [-0.39, 0.29) is 11.3 Å². The normalized spacial score (nSPS) is 10.7. The van der Waals surface area contributed by atoms with Crippen LogP contribution in [0.4, 0.5) is 5.69 Å². The van der Waals surface area contributed by atoms with E-state index in [0.29, 0.717) is 6.61 Å². The number of nitrogens with zero attached hydrogens (tertiary/aromatic N) is 2. The minimum absolute atomic E-state index is 0.151. The van der Waals surface area contributed by atoms with E-state index in [9.17, 15) is 14.9 Å². The summed E-state index contributed by atoms with van der Waals surface area (Å²) in [6.07, 6.45) is 1.48. The summed E-state index contributed by atoms with van der Waals surface area (Å²) in [5.74, 6) is 0.198. The van der Waals surface area contributed by atoms with Crippen LogP contribution in [-0.2, 0) is 6.61 Å². The first-order valence-corrected chi connectivity index (χ1v) is 9.64. The SMILES string of the molecule is O=C(N/N=C\c1ccc(OCc2ccc(I)cc2)cc1)c1cccc([N+](=O)[O-])c1. The number of carbonyl (C=O) groups excluding carboxylic acids is 1. The van der Waals surface area contributed by atoms with Crippen LogP contribution < -0.4 is 10.2 Å². The van der Waals surface area contributed by atoms with E-state index in [1.807, 2.05) is 48.5 Å². The molecule has 29 heavy (non-hydrogen) atoms. The van der Waals surface area contributed by atoms with Crippen LogP contribution in [0.25, 0.3) is 0 Å². The number of rotatable bonds is 7. The Hall–Kier alpha value is -3.27. The molecule has 7 nitrogen and oxygen atoms in total. The molecule has 0 aliphatic heterocycles. The highest BCUT2D eigenvalue weighted by Crippen LogP contribution is 2.15. The fourth-order valence-electron chi connectivity index (χ4n) is 2.39. The number of hydrazone groups is 1. The number of amides is 1. The number of nitrogens with one attached hydrogen (secondary N) is 1. The van der Waals surface area contributed by atoms with Crippen molar-refractivity contribution in [2.45, 2.75) is 6.61 Å². The van der Waals surface area contributed by atoms with Gasteiger partial charge in [0.05, 0.1) is 11.1 Å². The van der Waals surface area contributed by atoms with Gasteiger partial charge in [0.25, 0.3) is 11.6 Å². The molecule has 1 N–H and O–H groups in total. The topological polar surface area (TPSA) is 93.8 Å². The monoisotopic (exact) mass is 501 g/mol. The largest absolute Gasteiger partial charge is 0.489 e. The Morgan fingerprint density at radius 2 is 1.83 bits per heavy atom. The maximum atomic E-state index is 12.0. The molecule has 0 saturated carbocycles. The lowest BCUT2D eigenvalue weighted by molar-refractivity contribution is -0.384. The standard InChI is InChI=1S/C21H16IN3O4/c22-18-8-4-16(5-9-18)14-29-20-10-6-15(7-11-20)13-23-24-21(26)17-2-1-3-19(12-17)25(27)28/h1-13H,14H2,(H,24,26)/b23-13-. The lowest BCUT2D eigenvalue weighted by atomic mass is 10.2. The molecule has 0 unspecified atom stereocenters. The predicted octanol–water partition coefficient (Wildman–Crippen LogP) is 4.54. The molecule has 1 amide bonds. The number of nitro benzene ring substituents is 1. The van der Waals surface area contributed by atoms with Gasteiger partial charge in [-0.1, -0.05) is 18.2 Å². The van der Waals surface area contributed by atoms with Crippen molar-refractivity contribution in [1.29, 1.82) is 0 Å². The zero-order chi connectivity index (χ0) is 20.6. The Balaban J connectivity index is 1.53. The highest BCUT2D eigenvalue weighted by molar-refractivity contribution is 14.1. The molecule has 146 valence electrons. The molecular formula is C21H16IN3O4. The Morgan fingerprint density at radius 1 is 1.10 bits per heavy atom. The van der Waals surface area contributed by atoms with Crippen molar-refractivity contribution < 1.29 is 14.5 Å². The number of ether oxygens (including phenoxy) is 1. The molecule has 3 aromatic carbocycles. The van der Waals surface area contributed by atoms with Crippen LogP contribution in [0.1, 0.15) is 21.5 Å². The fourth-order valence-corrected chi connectivity index (χ4v) is 2.75. The van der Waals surface area contributed by atoms with Crippen LogP contribution in [-0.4, -0.2) is 17.0 Å². The van der Waals surface area contributed by atoms with Gasteiger partial charge in [0.1, 0.15) is 12.4 Å². The summed E-state index contributed by atoms with van der Waals surface area (Å²) in [5, 5.41) is 14.7. The van der Waals surface area contributed by atoms with Crippen molar-refractivity contribution in [2.75, 3.05) is 0 Å². The van der Waals surface area contributed by atoms with E-state index in [4.69, 9.17) is 4.74 Å². The van der Waals surface area contributed by atoms with Gasteiger partial charge in [0, 0.05) is 21.3 Å². The van der Waals surface area contributed by atoms with Crippen LogP contribution in [0, 0.1) is 13.7 Å². The van der Waals surface area contributed by atoms with Crippen molar-refractivity contribution in [2.24, 2.45) is 5.10 Å². The second-order valence-electron chi connectivity index (χ2n) is 5.99. The van der Waals surface area contributed by atoms with E-state index in [1.54, 1.807) is 0 Å². The Bertz CT molecular complexity index is 1030. The lowest BCUT2D eigenvalue weighted by Crippen LogP contribution is -2.17. The van der Waals surface area contributed by atoms with Crippen molar-refractivity contribution in [3.8, 4) is 5.75 Å². The molecule has 0 heterocycles. The molecule has 0 saturated heterocycles. The average Bonchev–Trinajstić information content (AvgIpc) is 2.74. The van der Waals surface area contributed by atoms with Gasteiger partial charge in [0.2, 0.25) is 0 Å². The van der Waals surface area contributed by atoms with Crippen LogP contribution in [0.15, 0.2) is 77.9 Å². The van der Waals surface area contributed by atoms with E-state index < -0.39 is 10.8 Å². The molecule has 0 radical (unpaired) electrons. The number of hydrogen-bond acceptors (Lipinski definition) is 5. The van der Waals surface area contributed by atoms with Crippen molar-refractivity contribution in [3.63, 3.8) is 0 Å². The first-order chi connectivity index (χ1) is 14.0. The van der Waals surface area contributed by atoms with Gasteiger partial charge in [0.15, 0.2) is 0 Å². The third-order valence-electron chi connectivity index (χ3n) is 3.90. The van der Waals surface area contributed by atoms with E-state index in [2.05, 4.69) is 33.1 Å². The highest BCUT2D eigenvalue weighted by Gasteiger charge is 2.10. The molecule has 8 heteroatoms. The molecule has 0 aromatic heterocycles. The van der Waals surface area contributed by atoms with Gasteiger partial charge in [-0.3, -0.25) is 14.9 Å². The Kier molecular flexibility index (Phi) is 6.90. The second kappa shape index (κ2) is 9.78. The molecule has 0 fully saturated rings. The van der Waals surface area contributed by atoms with Crippen LogP contribution >= 0.6 is 22.6 Å². The first kappa shape index (κ1) is 20.5. The number of nitro groups is 1. The molecular weight excluding hydrogens is 485 g/mol. The quantitative estimate of drug-likeness (QED) is 0.223. The van der Waals surface area contributed by atoms with E-state index >= 15 is 0 Å². The summed E-state index contributed by atoms with van der Waals surface area (Å²) < 4.78 is 6.92. The smallest absolute Gasteiger partial charge is 0.271 e. The van der Waals surface area contributed by atoms with Crippen LogP contribution in [0.3, 0.4) is 0 Å². The summed E-state index contributed by atoms with van der Waals surface area (Å²) >= 11 is 2.26. The molecule has 0 atom stereocenters. The van der Waals surface area contributed by atoms with Gasteiger partial charge in [-0.2, -0.15) is 5.10 Å². The third-order valence-corrected chi connectivity index (χ3v) is 4.62. The summed E-state index contributed by atoms with van der Waals surface area (Å²) in [4.78, 5) is 22.3. The Labute approximate surface area is 180 Å². The molecule has 0 bridgehead atoms. The van der Waals surface area contributed by atoms with Crippen molar-refractivity contribution in [1.82, 2.24) is 5.43 Å². The fraction of sp³-hybridized carbons (Fsp3) is 0.0476. The van der Waals surface area contributed by atoms with Gasteiger partial charge in [-0.05, 0) is 76.2 Å². The Morgan fingerprint density at radius 3 is 2.52 bits per heavy atom. The maximum Gasteiger partial charge on any atom is 0.271 e. The van der Waals surface area contributed by atoms with Crippen LogP contribution in [0.5, 0.6) is 5.75 Å². The first-order valence-electron chi connectivity index (χ1n) is 8.56. The minimum atomic E-state index is -0.553. The summed E-state index contributed by atoms with van der Waals surface area (Å²) in [5.41, 5.74) is 4.22. The van der Waals surface area contributed by atoms with Gasteiger partial charge >= 0.3 is 0 Å². The summed E-state index contributed by atoms with van der Waals surface area (Å²) in [6.45, 7) is 0.476. The summed E-state index contributed by atoms with van der Waals surface area (Å²) in [6, 6.07) is 20.8. The average molecular weight is 501 g/mol. The number of carbonyl (C=O) groups is 1. The van der Waals surface area contributed by atoms with Gasteiger partial charge < -0.3 is 4.74 Å². The maximum absolute atomic E-state index is 12.0. The molecule has 0 spiro atoms.